The van der Waals surface area contributed by atoms with E-state index in [0.29, 0.717) is 32.9 Å². The van der Waals surface area contributed by atoms with Gasteiger partial charge in [-0.2, -0.15) is 0 Å². The van der Waals surface area contributed by atoms with Crippen molar-refractivity contribution in [1.82, 2.24) is 20.0 Å². The highest BCUT2D eigenvalue weighted by Crippen LogP contribution is 2.24. The highest BCUT2D eigenvalue weighted by Gasteiger charge is 2.48. The van der Waals surface area contributed by atoms with Gasteiger partial charge in [0.1, 0.15) is 5.84 Å². The third-order valence-electron chi connectivity index (χ3n) is 4.45. The molecule has 23 heavy (non-hydrogen) atoms. The lowest BCUT2D eigenvalue weighted by Gasteiger charge is -2.37. The van der Waals surface area contributed by atoms with Crippen molar-refractivity contribution in [3.63, 3.8) is 0 Å². The first-order valence-electron chi connectivity index (χ1n) is 7.82. The predicted octanol–water partition coefficient (Wildman–Crippen LogP) is -1.44. The van der Waals surface area contributed by atoms with Crippen LogP contribution >= 0.6 is 0 Å². The molecule has 0 aromatic carbocycles. The fourth-order valence-electron chi connectivity index (χ4n) is 3.13. The summed E-state index contributed by atoms with van der Waals surface area (Å²) < 4.78 is 10.5. The number of amidine groups is 1. The molecule has 2 atom stereocenters. The van der Waals surface area contributed by atoms with Crippen molar-refractivity contribution in [3.8, 4) is 0 Å². The molecule has 128 valence electrons. The van der Waals surface area contributed by atoms with E-state index < -0.39 is 18.2 Å². The van der Waals surface area contributed by atoms with Crippen LogP contribution in [0.25, 0.3) is 0 Å². The van der Waals surface area contributed by atoms with Gasteiger partial charge in [0.05, 0.1) is 26.4 Å². The maximum absolute atomic E-state index is 12.3. The summed E-state index contributed by atoms with van der Waals surface area (Å²) in [5.41, 5.74) is 0. The average molecular weight is 325 g/mol. The quantitative estimate of drug-likeness (QED) is 0.666. The van der Waals surface area contributed by atoms with Crippen LogP contribution in [0.5, 0.6) is 0 Å². The molecule has 3 rings (SSSR count). The predicted molar refractivity (Wildman–Crippen MR) is 82.2 cm³/mol. The van der Waals surface area contributed by atoms with Crippen molar-refractivity contribution in [3.05, 3.63) is 0 Å². The maximum Gasteiger partial charge on any atom is 0.325 e. The molecule has 2 unspecified atom stereocenters. The molecule has 3 amide bonds. The second-order valence-electron chi connectivity index (χ2n) is 5.88. The van der Waals surface area contributed by atoms with E-state index in [2.05, 4.69) is 15.2 Å². The molecule has 0 aromatic heterocycles. The van der Waals surface area contributed by atoms with Crippen LogP contribution in [0.15, 0.2) is 4.99 Å². The number of morpholine rings is 1. The number of hydrogen-bond donors (Lipinski definition) is 1. The Bertz CT molecular complexity index is 505. The van der Waals surface area contributed by atoms with E-state index in [1.165, 1.54) is 4.90 Å². The number of aliphatic imine (C=N–C) groups is 1. The van der Waals surface area contributed by atoms with Gasteiger partial charge in [-0.3, -0.25) is 15.0 Å². The largest absolute Gasteiger partial charge is 0.383 e. The molecule has 0 spiro atoms. The Hall–Kier alpha value is -1.71. The number of hydrogen-bond acceptors (Lipinski definition) is 7. The van der Waals surface area contributed by atoms with Gasteiger partial charge in [0.2, 0.25) is 0 Å². The van der Waals surface area contributed by atoms with Crippen molar-refractivity contribution in [2.45, 2.75) is 12.2 Å². The molecule has 2 saturated heterocycles. The van der Waals surface area contributed by atoms with Crippen molar-refractivity contribution < 1.29 is 19.1 Å². The minimum atomic E-state index is -0.483. The Morgan fingerprint density at radius 2 is 2.09 bits per heavy atom. The van der Waals surface area contributed by atoms with Crippen LogP contribution in [0, 0.1) is 0 Å². The lowest BCUT2D eigenvalue weighted by atomic mass is 10.1. The third-order valence-corrected chi connectivity index (χ3v) is 4.45. The monoisotopic (exact) mass is 325 g/mol. The zero-order valence-electron chi connectivity index (χ0n) is 13.5. The van der Waals surface area contributed by atoms with Gasteiger partial charge in [0.25, 0.3) is 5.91 Å². The first kappa shape index (κ1) is 16.2. The Morgan fingerprint density at radius 3 is 2.78 bits per heavy atom. The highest BCUT2D eigenvalue weighted by molar-refractivity contribution is 6.04. The Labute approximate surface area is 135 Å². The van der Waals surface area contributed by atoms with Crippen LogP contribution in [-0.2, 0) is 14.3 Å². The van der Waals surface area contributed by atoms with Gasteiger partial charge in [0, 0.05) is 33.8 Å². The number of carbonyl (C=O) groups is 2. The van der Waals surface area contributed by atoms with Crippen LogP contribution in [-0.4, -0.2) is 105 Å². The molecular weight excluding hydrogens is 302 g/mol. The molecule has 3 aliphatic heterocycles. The van der Waals surface area contributed by atoms with E-state index in [0.717, 1.165) is 18.9 Å². The molecule has 0 radical (unpaired) electrons. The zero-order chi connectivity index (χ0) is 16.4. The van der Waals surface area contributed by atoms with Crippen molar-refractivity contribution in [2.75, 3.05) is 60.2 Å². The summed E-state index contributed by atoms with van der Waals surface area (Å²) in [5, 5.41) is 2.39. The van der Waals surface area contributed by atoms with Crippen molar-refractivity contribution in [1.29, 1.82) is 0 Å². The fourth-order valence-corrected chi connectivity index (χ4v) is 3.13. The summed E-state index contributed by atoms with van der Waals surface area (Å²) in [7, 11) is 3.29. The minimum absolute atomic E-state index is 0.296. The number of carbonyl (C=O) groups excluding carboxylic acids is 2. The van der Waals surface area contributed by atoms with Crippen LogP contribution in [0.4, 0.5) is 4.79 Å². The number of urea groups is 1. The third kappa shape index (κ3) is 3.17. The van der Waals surface area contributed by atoms with Gasteiger partial charge >= 0.3 is 6.03 Å². The second kappa shape index (κ2) is 6.81. The number of rotatable bonds is 5. The van der Waals surface area contributed by atoms with E-state index >= 15 is 0 Å². The van der Waals surface area contributed by atoms with Crippen LogP contribution in [0.1, 0.15) is 0 Å². The van der Waals surface area contributed by atoms with Gasteiger partial charge in [-0.1, -0.05) is 0 Å². The van der Waals surface area contributed by atoms with E-state index in [9.17, 15) is 9.59 Å². The van der Waals surface area contributed by atoms with Gasteiger partial charge in [0.15, 0.2) is 12.2 Å². The molecular formula is C14H23N5O4. The van der Waals surface area contributed by atoms with E-state index in [4.69, 9.17) is 9.47 Å². The number of likely N-dealkylation sites (N-methyl/N-ethyl adjacent to an activating group) is 1. The summed E-state index contributed by atoms with van der Waals surface area (Å²) in [6.45, 7) is 4.80. The van der Waals surface area contributed by atoms with Gasteiger partial charge in [-0.25, -0.2) is 9.79 Å². The average Bonchev–Trinajstić information content (AvgIpc) is 2.90. The second-order valence-corrected chi connectivity index (χ2v) is 5.88. The van der Waals surface area contributed by atoms with Crippen LogP contribution in [0.2, 0.25) is 0 Å². The molecule has 1 N–H and O–H groups in total. The topological polar surface area (TPSA) is 86.7 Å². The Balaban J connectivity index is 1.79. The Morgan fingerprint density at radius 1 is 1.35 bits per heavy atom. The standard InChI is InChI=1S/C14H23N5O4/c1-17-12-11(13(20)16-14(17)21)19(5-6-22-2)10(15-12)9-18-3-7-23-8-4-18/h11-12H,3-9H2,1-2H3,(H,16,20,21). The highest BCUT2D eigenvalue weighted by atomic mass is 16.5. The molecule has 9 nitrogen and oxygen atoms in total. The normalized spacial score (nSPS) is 28.7. The van der Waals surface area contributed by atoms with E-state index in [-0.39, 0.29) is 5.91 Å². The number of fused-ring (bicyclic) bond motifs is 1. The summed E-state index contributed by atoms with van der Waals surface area (Å²) in [6.07, 6.45) is -0.468. The van der Waals surface area contributed by atoms with Crippen molar-refractivity contribution >= 4 is 17.8 Å². The SMILES string of the molecule is COCCN1C(CN2CCOCC2)=NC2C1C(=O)NC(=O)N2C. The smallest absolute Gasteiger partial charge is 0.325 e. The summed E-state index contributed by atoms with van der Waals surface area (Å²) in [4.78, 5) is 34.5. The summed E-state index contributed by atoms with van der Waals surface area (Å²) >= 11 is 0. The number of nitrogens with zero attached hydrogens (tertiary/aromatic N) is 4. The molecule has 3 aliphatic rings. The van der Waals surface area contributed by atoms with Crippen molar-refractivity contribution in [2.24, 2.45) is 4.99 Å². The van der Waals surface area contributed by atoms with Crippen LogP contribution < -0.4 is 5.32 Å². The molecule has 3 heterocycles. The number of nitrogens with one attached hydrogen (secondary N) is 1. The first-order valence-corrected chi connectivity index (χ1v) is 7.82. The molecule has 0 saturated carbocycles. The summed E-state index contributed by atoms with van der Waals surface area (Å²) in [6, 6.07) is -0.886. The van der Waals surface area contributed by atoms with E-state index in [1.54, 1.807) is 14.2 Å². The van der Waals surface area contributed by atoms with Gasteiger partial charge in [-0.15, -0.1) is 0 Å². The zero-order valence-corrected chi connectivity index (χ0v) is 13.5. The lowest BCUT2D eigenvalue weighted by Crippen LogP contribution is -2.64. The molecule has 0 aliphatic carbocycles. The summed E-state index contributed by atoms with van der Waals surface area (Å²) in [5.74, 6) is 0.533. The van der Waals surface area contributed by atoms with Gasteiger partial charge in [-0.05, 0) is 0 Å². The first-order chi connectivity index (χ1) is 11.1. The maximum atomic E-state index is 12.3. The van der Waals surface area contributed by atoms with Crippen LogP contribution in [0.3, 0.4) is 0 Å². The Kier molecular flexibility index (Phi) is 4.79. The van der Waals surface area contributed by atoms with E-state index in [1.807, 2.05) is 4.90 Å². The number of amides is 3. The number of imide groups is 1. The fraction of sp³-hybridized carbons (Fsp3) is 0.786. The molecule has 0 bridgehead atoms. The molecule has 0 aromatic rings. The molecule has 9 heteroatoms. The molecule has 2 fully saturated rings. The lowest BCUT2D eigenvalue weighted by molar-refractivity contribution is -0.127. The van der Waals surface area contributed by atoms with Gasteiger partial charge < -0.3 is 19.3 Å². The number of methoxy groups -OCH3 is 1. The number of ether oxygens (including phenoxy) is 2. The minimum Gasteiger partial charge on any atom is -0.383 e.